The monoisotopic (exact) mass is 365 g/mol. The first-order valence-electron chi connectivity index (χ1n) is 8.85. The average molecular weight is 365 g/mol. The summed E-state index contributed by atoms with van der Waals surface area (Å²) < 4.78 is 24.9. The lowest BCUT2D eigenvalue weighted by molar-refractivity contribution is -0.123. The van der Waals surface area contributed by atoms with Gasteiger partial charge in [-0.3, -0.25) is 9.69 Å². The molecule has 1 amide bonds. The van der Waals surface area contributed by atoms with Gasteiger partial charge in [0.25, 0.3) is 0 Å². The second-order valence-corrected chi connectivity index (χ2v) is 9.13. The summed E-state index contributed by atoms with van der Waals surface area (Å²) in [7, 11) is -1.52. The van der Waals surface area contributed by atoms with Crippen LogP contribution in [0.5, 0.6) is 0 Å². The fourth-order valence-corrected chi connectivity index (χ4v) is 4.61. The molecule has 1 aromatic carbocycles. The van der Waals surface area contributed by atoms with Gasteiger partial charge in [0.1, 0.15) is 0 Å². The zero-order chi connectivity index (χ0) is 18.2. The minimum Gasteiger partial charge on any atom is -0.310 e. The molecule has 1 fully saturated rings. The third kappa shape index (κ3) is 3.73. The fourth-order valence-electron chi connectivity index (χ4n) is 3.86. The van der Waals surface area contributed by atoms with Crippen molar-refractivity contribution in [3.63, 3.8) is 0 Å². The van der Waals surface area contributed by atoms with E-state index in [1.54, 1.807) is 7.05 Å². The van der Waals surface area contributed by atoms with Gasteiger partial charge < -0.3 is 4.90 Å². The number of hydrogen-bond acceptors (Lipinski definition) is 4. The van der Waals surface area contributed by atoms with Gasteiger partial charge >= 0.3 is 0 Å². The summed E-state index contributed by atoms with van der Waals surface area (Å²) in [5, 5.41) is 0. The number of piperidine rings is 1. The van der Waals surface area contributed by atoms with Gasteiger partial charge in [-0.2, -0.15) is 0 Å². The summed E-state index contributed by atoms with van der Waals surface area (Å²) in [5.41, 5.74) is 2.27. The van der Waals surface area contributed by atoms with E-state index in [0.717, 1.165) is 44.6 Å². The second kappa shape index (κ2) is 7.05. The Balaban J connectivity index is 1.62. The van der Waals surface area contributed by atoms with Gasteiger partial charge in [0, 0.05) is 38.4 Å². The Morgan fingerprint density at radius 1 is 1.20 bits per heavy atom. The summed E-state index contributed by atoms with van der Waals surface area (Å²) in [6, 6.07) is 7.93. The quantitative estimate of drug-likeness (QED) is 0.807. The number of hydrogen-bond donors (Lipinski definition) is 0. The molecule has 6 nitrogen and oxygen atoms in total. The van der Waals surface area contributed by atoms with Crippen LogP contribution in [0.4, 0.5) is 5.69 Å². The van der Waals surface area contributed by atoms with Crippen molar-refractivity contribution in [2.24, 2.45) is 0 Å². The van der Waals surface area contributed by atoms with Gasteiger partial charge in [-0.15, -0.1) is 0 Å². The molecule has 0 aliphatic carbocycles. The lowest BCUT2D eigenvalue weighted by Gasteiger charge is -2.39. The molecule has 7 heteroatoms. The Morgan fingerprint density at radius 2 is 1.84 bits per heavy atom. The van der Waals surface area contributed by atoms with E-state index in [2.05, 4.69) is 11.0 Å². The summed E-state index contributed by atoms with van der Waals surface area (Å²) in [5.74, 6) is 0.139. The second-order valence-electron chi connectivity index (χ2n) is 7.09. The number of likely N-dealkylation sites (tertiary alicyclic amines) is 1. The van der Waals surface area contributed by atoms with Crippen molar-refractivity contribution in [2.75, 3.05) is 37.8 Å². The van der Waals surface area contributed by atoms with Crippen LogP contribution in [0.25, 0.3) is 0 Å². The highest BCUT2D eigenvalue weighted by atomic mass is 32.2. The smallest absolute Gasteiger partial charge is 0.244 e. The molecule has 2 heterocycles. The number of carbonyl (C=O) groups excluding carboxylic acids is 1. The predicted molar refractivity (Wildman–Crippen MR) is 99.2 cm³/mol. The van der Waals surface area contributed by atoms with Gasteiger partial charge in [0.05, 0.1) is 12.3 Å². The van der Waals surface area contributed by atoms with Crippen LogP contribution in [0.3, 0.4) is 0 Å². The molecule has 0 N–H and O–H groups in total. The van der Waals surface area contributed by atoms with E-state index in [9.17, 15) is 13.2 Å². The SMILES string of the molecule is CC(C(=O)N1CCc2ccccc21)N1CCC(N(C)S(C)(=O)=O)CC1. The maximum absolute atomic E-state index is 13.0. The number of carbonyl (C=O) groups is 1. The Kier molecular flexibility index (Phi) is 5.18. The largest absolute Gasteiger partial charge is 0.310 e. The molecule has 3 rings (SSSR count). The first-order valence-corrected chi connectivity index (χ1v) is 10.7. The van der Waals surface area contributed by atoms with Crippen molar-refractivity contribution >= 4 is 21.6 Å². The van der Waals surface area contributed by atoms with Crippen LogP contribution in [0.2, 0.25) is 0 Å². The molecule has 25 heavy (non-hydrogen) atoms. The minimum atomic E-state index is -3.16. The number of anilines is 1. The van der Waals surface area contributed by atoms with Crippen molar-refractivity contribution in [3.8, 4) is 0 Å². The number of benzene rings is 1. The van der Waals surface area contributed by atoms with Crippen LogP contribution in [-0.2, 0) is 21.2 Å². The van der Waals surface area contributed by atoms with Crippen LogP contribution in [-0.4, -0.2) is 68.6 Å². The number of fused-ring (bicyclic) bond motifs is 1. The highest BCUT2D eigenvalue weighted by molar-refractivity contribution is 7.88. The topological polar surface area (TPSA) is 60.9 Å². The Bertz CT molecular complexity index is 742. The highest BCUT2D eigenvalue weighted by Gasteiger charge is 2.34. The molecular formula is C18H27N3O3S. The van der Waals surface area contributed by atoms with E-state index in [-0.39, 0.29) is 18.0 Å². The lowest BCUT2D eigenvalue weighted by atomic mass is 10.0. The van der Waals surface area contributed by atoms with Crippen LogP contribution < -0.4 is 4.90 Å². The lowest BCUT2D eigenvalue weighted by Crippen LogP contribution is -2.52. The van der Waals surface area contributed by atoms with Crippen molar-refractivity contribution < 1.29 is 13.2 Å². The maximum Gasteiger partial charge on any atom is 0.244 e. The molecule has 1 saturated heterocycles. The summed E-state index contributed by atoms with van der Waals surface area (Å²) in [4.78, 5) is 17.0. The Labute approximate surface area is 150 Å². The van der Waals surface area contributed by atoms with E-state index >= 15 is 0 Å². The van der Waals surface area contributed by atoms with Gasteiger partial charge in [0.2, 0.25) is 15.9 Å². The van der Waals surface area contributed by atoms with Crippen LogP contribution >= 0.6 is 0 Å². The van der Waals surface area contributed by atoms with Crippen molar-refractivity contribution in [1.29, 1.82) is 0 Å². The van der Waals surface area contributed by atoms with E-state index in [1.807, 2.05) is 30.0 Å². The molecule has 0 bridgehead atoms. The number of sulfonamides is 1. The first kappa shape index (κ1) is 18.4. The van der Waals surface area contributed by atoms with Gasteiger partial charge in [0.15, 0.2) is 0 Å². The van der Waals surface area contributed by atoms with Crippen LogP contribution in [0.1, 0.15) is 25.3 Å². The van der Waals surface area contributed by atoms with E-state index < -0.39 is 10.0 Å². The van der Waals surface area contributed by atoms with E-state index in [4.69, 9.17) is 0 Å². The van der Waals surface area contributed by atoms with Crippen LogP contribution in [0, 0.1) is 0 Å². The predicted octanol–water partition coefficient (Wildman–Crippen LogP) is 1.32. The Morgan fingerprint density at radius 3 is 2.48 bits per heavy atom. The molecule has 1 unspecified atom stereocenters. The van der Waals surface area contributed by atoms with Crippen molar-refractivity contribution in [1.82, 2.24) is 9.21 Å². The molecule has 1 aromatic rings. The molecule has 0 spiro atoms. The third-order valence-electron chi connectivity index (χ3n) is 5.59. The molecule has 0 radical (unpaired) electrons. The zero-order valence-corrected chi connectivity index (χ0v) is 16.0. The molecular weight excluding hydrogens is 338 g/mol. The minimum absolute atomic E-state index is 0.0288. The molecule has 0 saturated carbocycles. The normalized spacial score (nSPS) is 20.7. The molecule has 2 aliphatic heterocycles. The molecule has 138 valence electrons. The van der Waals surface area contributed by atoms with E-state index in [1.165, 1.54) is 16.1 Å². The van der Waals surface area contributed by atoms with E-state index in [0.29, 0.717) is 0 Å². The van der Waals surface area contributed by atoms with Crippen molar-refractivity contribution in [2.45, 2.75) is 38.3 Å². The highest BCUT2D eigenvalue weighted by Crippen LogP contribution is 2.29. The maximum atomic E-state index is 13.0. The number of amides is 1. The van der Waals surface area contributed by atoms with Gasteiger partial charge in [-0.25, -0.2) is 12.7 Å². The number of rotatable bonds is 4. The first-order chi connectivity index (χ1) is 11.8. The number of nitrogens with zero attached hydrogens (tertiary/aromatic N) is 3. The number of para-hydroxylation sites is 1. The standard InChI is InChI=1S/C18H27N3O3S/c1-14(18(22)21-13-8-15-6-4-5-7-17(15)21)20-11-9-16(10-12-20)19(2)25(3,23)24/h4-7,14,16H,8-13H2,1-3H3. The molecule has 2 aliphatic rings. The molecule has 0 aromatic heterocycles. The average Bonchev–Trinajstić information content (AvgIpc) is 3.03. The summed E-state index contributed by atoms with van der Waals surface area (Å²) in [6.07, 6.45) is 3.68. The van der Waals surface area contributed by atoms with Gasteiger partial charge in [-0.1, -0.05) is 18.2 Å². The zero-order valence-electron chi connectivity index (χ0n) is 15.2. The van der Waals surface area contributed by atoms with Crippen LogP contribution in [0.15, 0.2) is 24.3 Å². The Hall–Kier alpha value is -1.44. The summed E-state index contributed by atoms with van der Waals surface area (Å²) >= 11 is 0. The summed E-state index contributed by atoms with van der Waals surface area (Å²) in [6.45, 7) is 4.19. The van der Waals surface area contributed by atoms with Gasteiger partial charge in [-0.05, 0) is 37.8 Å². The fraction of sp³-hybridized carbons (Fsp3) is 0.611. The molecule has 1 atom stereocenters. The van der Waals surface area contributed by atoms with Crippen molar-refractivity contribution in [3.05, 3.63) is 29.8 Å². The third-order valence-corrected chi connectivity index (χ3v) is 6.94.